The van der Waals surface area contributed by atoms with E-state index in [0.717, 1.165) is 0 Å². The number of ether oxygens (including phenoxy) is 1. The summed E-state index contributed by atoms with van der Waals surface area (Å²) in [6.45, 7) is -0.232. The number of nitrogens with one attached hydrogen (secondary N) is 1. The SMILES string of the molecule is Nc1ccc(Cl)cc1NC(=O)COc1ccc(F)c(Br)c1. The van der Waals surface area contributed by atoms with Crippen LogP contribution in [-0.2, 0) is 4.79 Å². The lowest BCUT2D eigenvalue weighted by Gasteiger charge is -2.10. The lowest BCUT2D eigenvalue weighted by Crippen LogP contribution is -2.20. The molecular weight excluding hydrogens is 363 g/mol. The first-order valence-electron chi connectivity index (χ1n) is 5.88. The van der Waals surface area contributed by atoms with Gasteiger partial charge in [0.25, 0.3) is 5.91 Å². The molecule has 110 valence electrons. The number of nitrogens with two attached hydrogens (primary N) is 1. The fourth-order valence-corrected chi connectivity index (χ4v) is 2.07. The number of carbonyl (C=O) groups is 1. The summed E-state index contributed by atoms with van der Waals surface area (Å²) >= 11 is 8.86. The van der Waals surface area contributed by atoms with E-state index in [2.05, 4.69) is 21.2 Å². The summed E-state index contributed by atoms with van der Waals surface area (Å²) in [5.41, 5.74) is 6.53. The van der Waals surface area contributed by atoms with Crippen molar-refractivity contribution < 1.29 is 13.9 Å². The summed E-state index contributed by atoms with van der Waals surface area (Å²) in [6.07, 6.45) is 0. The van der Waals surface area contributed by atoms with E-state index in [-0.39, 0.29) is 11.1 Å². The number of carbonyl (C=O) groups excluding carboxylic acids is 1. The maximum atomic E-state index is 13.1. The molecule has 0 saturated carbocycles. The molecule has 0 aliphatic rings. The van der Waals surface area contributed by atoms with E-state index in [9.17, 15) is 9.18 Å². The second-order valence-electron chi connectivity index (χ2n) is 4.14. The lowest BCUT2D eigenvalue weighted by atomic mass is 10.2. The highest BCUT2D eigenvalue weighted by Gasteiger charge is 2.08. The van der Waals surface area contributed by atoms with E-state index in [4.69, 9.17) is 22.1 Å². The molecule has 0 fully saturated rings. The molecule has 0 spiro atoms. The average molecular weight is 374 g/mol. The molecule has 0 saturated heterocycles. The van der Waals surface area contributed by atoms with Gasteiger partial charge in [0.1, 0.15) is 11.6 Å². The Kier molecular flexibility index (Phi) is 5.03. The highest BCUT2D eigenvalue weighted by atomic mass is 79.9. The van der Waals surface area contributed by atoms with E-state index in [1.165, 1.54) is 18.2 Å². The molecule has 21 heavy (non-hydrogen) atoms. The summed E-state index contributed by atoms with van der Waals surface area (Å²) in [5, 5.41) is 3.05. The van der Waals surface area contributed by atoms with Crippen LogP contribution in [-0.4, -0.2) is 12.5 Å². The van der Waals surface area contributed by atoms with E-state index in [1.807, 2.05) is 0 Å². The number of amides is 1. The van der Waals surface area contributed by atoms with Gasteiger partial charge in [-0.25, -0.2) is 4.39 Å². The van der Waals surface area contributed by atoms with Gasteiger partial charge in [-0.05, 0) is 52.3 Å². The van der Waals surface area contributed by atoms with Crippen LogP contribution in [0.15, 0.2) is 40.9 Å². The summed E-state index contributed by atoms with van der Waals surface area (Å²) in [4.78, 5) is 11.8. The summed E-state index contributed by atoms with van der Waals surface area (Å²) in [6, 6.07) is 8.88. The van der Waals surface area contributed by atoms with Crippen molar-refractivity contribution in [2.75, 3.05) is 17.7 Å². The van der Waals surface area contributed by atoms with Crippen LogP contribution in [0.25, 0.3) is 0 Å². The van der Waals surface area contributed by atoms with Gasteiger partial charge in [0.05, 0.1) is 15.8 Å². The van der Waals surface area contributed by atoms with Crippen molar-refractivity contribution in [1.29, 1.82) is 0 Å². The van der Waals surface area contributed by atoms with Crippen LogP contribution in [0, 0.1) is 5.82 Å². The molecule has 0 aliphatic carbocycles. The first-order chi connectivity index (χ1) is 9.95. The number of benzene rings is 2. The maximum absolute atomic E-state index is 13.1. The second-order valence-corrected chi connectivity index (χ2v) is 5.44. The second kappa shape index (κ2) is 6.78. The average Bonchev–Trinajstić information content (AvgIpc) is 2.44. The van der Waals surface area contributed by atoms with Crippen molar-refractivity contribution in [2.24, 2.45) is 0 Å². The zero-order valence-electron chi connectivity index (χ0n) is 10.7. The van der Waals surface area contributed by atoms with Crippen LogP contribution in [0.3, 0.4) is 0 Å². The highest BCUT2D eigenvalue weighted by molar-refractivity contribution is 9.10. The van der Waals surface area contributed by atoms with Gasteiger partial charge in [-0.2, -0.15) is 0 Å². The van der Waals surface area contributed by atoms with Crippen molar-refractivity contribution in [2.45, 2.75) is 0 Å². The fraction of sp³-hybridized carbons (Fsp3) is 0.0714. The number of halogens is 3. The molecule has 7 heteroatoms. The fourth-order valence-electron chi connectivity index (χ4n) is 1.54. The zero-order valence-corrected chi connectivity index (χ0v) is 13.0. The van der Waals surface area contributed by atoms with Crippen LogP contribution in [0.1, 0.15) is 0 Å². The van der Waals surface area contributed by atoms with Gasteiger partial charge in [-0.3, -0.25) is 4.79 Å². The lowest BCUT2D eigenvalue weighted by molar-refractivity contribution is -0.118. The Morgan fingerprint density at radius 1 is 1.33 bits per heavy atom. The molecule has 0 aromatic heterocycles. The predicted molar refractivity (Wildman–Crippen MR) is 84.1 cm³/mol. The molecule has 0 unspecified atom stereocenters. The number of hydrogen-bond donors (Lipinski definition) is 2. The predicted octanol–water partition coefficient (Wildman–Crippen LogP) is 3.84. The first kappa shape index (κ1) is 15.6. The van der Waals surface area contributed by atoms with Gasteiger partial charge in [0, 0.05) is 5.02 Å². The molecule has 0 radical (unpaired) electrons. The Hall–Kier alpha value is -1.79. The van der Waals surface area contributed by atoms with E-state index in [0.29, 0.717) is 22.1 Å². The van der Waals surface area contributed by atoms with Gasteiger partial charge in [-0.15, -0.1) is 0 Å². The summed E-state index contributed by atoms with van der Waals surface area (Å²) in [5.74, 6) is -0.430. The van der Waals surface area contributed by atoms with E-state index < -0.39 is 11.7 Å². The Bertz CT molecular complexity index is 682. The number of nitrogen functional groups attached to an aromatic ring is 1. The molecule has 4 nitrogen and oxygen atoms in total. The Balaban J connectivity index is 1.95. The van der Waals surface area contributed by atoms with Crippen molar-refractivity contribution >= 4 is 44.8 Å². The minimum atomic E-state index is -0.404. The standard InChI is InChI=1S/C14H11BrClFN2O2/c15-10-6-9(2-3-11(10)17)21-7-14(20)19-13-5-8(16)1-4-12(13)18/h1-6H,7,18H2,(H,19,20). The molecule has 0 bridgehead atoms. The Morgan fingerprint density at radius 2 is 2.10 bits per heavy atom. The number of rotatable bonds is 4. The third kappa shape index (κ3) is 4.34. The van der Waals surface area contributed by atoms with Crippen molar-refractivity contribution in [3.8, 4) is 5.75 Å². The molecular formula is C14H11BrClFN2O2. The van der Waals surface area contributed by atoms with Crippen LogP contribution < -0.4 is 15.8 Å². The summed E-state index contributed by atoms with van der Waals surface area (Å²) in [7, 11) is 0. The molecule has 0 heterocycles. The smallest absolute Gasteiger partial charge is 0.262 e. The molecule has 0 atom stereocenters. The summed E-state index contributed by atoms with van der Waals surface area (Å²) < 4.78 is 18.6. The Morgan fingerprint density at radius 3 is 2.81 bits per heavy atom. The highest BCUT2D eigenvalue weighted by Crippen LogP contribution is 2.23. The molecule has 3 N–H and O–H groups in total. The minimum absolute atomic E-state index is 0.232. The maximum Gasteiger partial charge on any atom is 0.262 e. The van der Waals surface area contributed by atoms with Gasteiger partial charge in [0.2, 0.25) is 0 Å². The monoisotopic (exact) mass is 372 g/mol. The van der Waals surface area contributed by atoms with E-state index in [1.54, 1.807) is 18.2 Å². The van der Waals surface area contributed by atoms with Crippen LogP contribution in [0.5, 0.6) is 5.75 Å². The Labute approximate surface area is 134 Å². The zero-order chi connectivity index (χ0) is 15.4. The quantitative estimate of drug-likeness (QED) is 0.800. The molecule has 2 aromatic carbocycles. The molecule has 2 rings (SSSR count). The number of hydrogen-bond acceptors (Lipinski definition) is 3. The van der Waals surface area contributed by atoms with Gasteiger partial charge in [-0.1, -0.05) is 11.6 Å². The van der Waals surface area contributed by atoms with Gasteiger partial charge >= 0.3 is 0 Å². The van der Waals surface area contributed by atoms with Gasteiger partial charge < -0.3 is 15.8 Å². The normalized spacial score (nSPS) is 10.2. The van der Waals surface area contributed by atoms with Crippen LogP contribution >= 0.6 is 27.5 Å². The first-order valence-corrected chi connectivity index (χ1v) is 7.05. The molecule has 1 amide bonds. The third-order valence-electron chi connectivity index (χ3n) is 2.55. The molecule has 0 aliphatic heterocycles. The molecule has 2 aromatic rings. The van der Waals surface area contributed by atoms with E-state index >= 15 is 0 Å². The van der Waals surface area contributed by atoms with Crippen LogP contribution in [0.4, 0.5) is 15.8 Å². The number of anilines is 2. The van der Waals surface area contributed by atoms with Gasteiger partial charge in [0.15, 0.2) is 6.61 Å². The minimum Gasteiger partial charge on any atom is -0.484 e. The van der Waals surface area contributed by atoms with Crippen molar-refractivity contribution in [3.05, 3.63) is 51.7 Å². The van der Waals surface area contributed by atoms with Crippen molar-refractivity contribution in [1.82, 2.24) is 0 Å². The third-order valence-corrected chi connectivity index (χ3v) is 3.39. The largest absolute Gasteiger partial charge is 0.484 e. The van der Waals surface area contributed by atoms with Crippen LogP contribution in [0.2, 0.25) is 5.02 Å². The topological polar surface area (TPSA) is 64.3 Å². The van der Waals surface area contributed by atoms with Crippen molar-refractivity contribution in [3.63, 3.8) is 0 Å².